The van der Waals surface area contributed by atoms with E-state index in [2.05, 4.69) is 22.2 Å². The van der Waals surface area contributed by atoms with Crippen molar-refractivity contribution in [1.82, 2.24) is 14.9 Å². The monoisotopic (exact) mass is 569 g/mol. The number of rotatable bonds is 14. The molecule has 0 aliphatic heterocycles. The van der Waals surface area contributed by atoms with Gasteiger partial charge < -0.3 is 25.6 Å². The van der Waals surface area contributed by atoms with Gasteiger partial charge in [-0.25, -0.2) is 4.98 Å². The van der Waals surface area contributed by atoms with Crippen LogP contribution in [0.4, 0.5) is 24.9 Å². The summed E-state index contributed by atoms with van der Waals surface area (Å²) in [7, 11) is 1.49. The third kappa shape index (κ3) is 11.2. The first-order chi connectivity index (χ1) is 18.6. The van der Waals surface area contributed by atoms with Crippen LogP contribution in [0.2, 0.25) is 0 Å². The minimum atomic E-state index is -4.49. The molecule has 0 bridgehead atoms. The number of nitrogens with two attached hydrogens (primary N) is 1. The highest BCUT2D eigenvalue weighted by atomic mass is 19.4. The number of alkyl halides is 3. The van der Waals surface area contributed by atoms with Crippen LogP contribution in [0.15, 0.2) is 18.2 Å². The average molecular weight is 570 g/mol. The molecule has 0 aliphatic carbocycles. The van der Waals surface area contributed by atoms with Crippen molar-refractivity contribution < 1.29 is 32.5 Å². The molecule has 2 aromatic rings. The van der Waals surface area contributed by atoms with Crippen LogP contribution in [0.25, 0.3) is 0 Å². The zero-order valence-corrected chi connectivity index (χ0v) is 24.2. The zero-order chi connectivity index (χ0) is 30.1. The number of aliphatic hydroxyl groups excluding tert-OH is 1. The maximum Gasteiger partial charge on any atom is 0.401 e. The van der Waals surface area contributed by atoms with Crippen LogP contribution in [0.3, 0.4) is 0 Å². The number of aryl methyl sites for hydroxylation is 1. The number of anilines is 2. The third-order valence-corrected chi connectivity index (χ3v) is 5.99. The third-order valence-electron chi connectivity index (χ3n) is 5.99. The van der Waals surface area contributed by atoms with E-state index in [9.17, 15) is 23.1 Å². The molecule has 0 amide bonds. The van der Waals surface area contributed by atoms with Gasteiger partial charge in [-0.2, -0.15) is 18.2 Å². The first-order valence-corrected chi connectivity index (χ1v) is 13.3. The number of hydrogen-bond acceptors (Lipinski definition) is 9. The molecule has 1 heterocycles. The lowest BCUT2D eigenvalue weighted by atomic mass is 10.0. The minimum absolute atomic E-state index is 0.00342. The number of nitrogens with zero attached hydrogens (tertiary/aromatic N) is 3. The minimum Gasteiger partial charge on any atom is -0.496 e. The molecule has 224 valence electrons. The Labute approximate surface area is 234 Å². The Morgan fingerprint density at radius 2 is 1.90 bits per heavy atom. The summed E-state index contributed by atoms with van der Waals surface area (Å²) in [5.41, 5.74) is 7.90. The second-order valence-corrected chi connectivity index (χ2v) is 10.8. The topological polar surface area (TPSA) is 123 Å². The summed E-state index contributed by atoms with van der Waals surface area (Å²) in [6.45, 7) is 6.99. The maximum atomic E-state index is 13.3. The van der Waals surface area contributed by atoms with Gasteiger partial charge >= 0.3 is 12.1 Å². The quantitative estimate of drug-likeness (QED) is 0.279. The van der Waals surface area contributed by atoms with Gasteiger partial charge in [-0.05, 0) is 57.7 Å². The van der Waals surface area contributed by atoms with Crippen molar-refractivity contribution in [3.8, 4) is 5.75 Å². The fourth-order valence-corrected chi connectivity index (χ4v) is 4.39. The Balaban J connectivity index is 2.33. The molecule has 1 aromatic carbocycles. The van der Waals surface area contributed by atoms with E-state index in [0.29, 0.717) is 35.7 Å². The lowest BCUT2D eigenvalue weighted by molar-refractivity contribution is -0.164. The Morgan fingerprint density at radius 1 is 1.20 bits per heavy atom. The number of aromatic nitrogens is 2. The van der Waals surface area contributed by atoms with Crippen LogP contribution < -0.4 is 15.8 Å². The van der Waals surface area contributed by atoms with Crippen molar-refractivity contribution in [2.24, 2.45) is 0 Å². The Morgan fingerprint density at radius 3 is 2.48 bits per heavy atom. The van der Waals surface area contributed by atoms with Crippen molar-refractivity contribution in [3.05, 3.63) is 40.6 Å². The zero-order valence-electron chi connectivity index (χ0n) is 24.2. The van der Waals surface area contributed by atoms with Gasteiger partial charge in [0, 0.05) is 36.9 Å². The van der Waals surface area contributed by atoms with Gasteiger partial charge in [0.05, 0.1) is 20.2 Å². The predicted octanol–water partition coefficient (Wildman–Crippen LogP) is 4.64. The number of hydrogen-bond donors (Lipinski definition) is 3. The SMILES string of the molecule is CCC[C@@H](CCO)Nc1nc(N)nc(C)c1Cc1ccc(CN(CC(=O)OC(C)(C)C)CC(F)(F)F)cc1OC. The molecule has 0 saturated heterocycles. The molecule has 0 saturated carbocycles. The number of halogens is 3. The second kappa shape index (κ2) is 14.5. The average Bonchev–Trinajstić information content (AvgIpc) is 2.79. The molecular formula is C28H42F3N5O4. The smallest absolute Gasteiger partial charge is 0.401 e. The van der Waals surface area contributed by atoms with E-state index in [4.69, 9.17) is 15.2 Å². The number of nitrogen functional groups attached to an aromatic ring is 1. The van der Waals surface area contributed by atoms with E-state index in [1.165, 1.54) is 7.11 Å². The normalized spacial score (nSPS) is 12.9. The summed E-state index contributed by atoms with van der Waals surface area (Å²) in [5.74, 6) is 0.433. The molecule has 9 nitrogen and oxygen atoms in total. The molecule has 12 heteroatoms. The van der Waals surface area contributed by atoms with Crippen molar-refractivity contribution in [2.45, 2.75) is 84.7 Å². The summed E-state index contributed by atoms with van der Waals surface area (Å²) in [4.78, 5) is 22.0. The maximum absolute atomic E-state index is 13.3. The fourth-order valence-electron chi connectivity index (χ4n) is 4.39. The Bertz CT molecular complexity index is 1120. The summed E-state index contributed by atoms with van der Waals surface area (Å²) < 4.78 is 50.7. The van der Waals surface area contributed by atoms with Crippen molar-refractivity contribution in [1.29, 1.82) is 0 Å². The number of benzene rings is 1. The van der Waals surface area contributed by atoms with Crippen LogP contribution in [-0.2, 0) is 22.5 Å². The lowest BCUT2D eigenvalue weighted by Gasteiger charge is -2.26. The van der Waals surface area contributed by atoms with Crippen LogP contribution in [0.5, 0.6) is 5.75 Å². The highest BCUT2D eigenvalue weighted by Gasteiger charge is 2.32. The standard InChI is InChI=1S/C28H42F3N5O4/c1-7-8-21(11-12-37)34-25-22(18(2)33-26(32)35-25)14-20-10-9-19(13-23(20)39-6)15-36(17-28(29,30)31)16-24(38)40-27(3,4)5/h9-10,13,21,37H,7-8,11-12,14-17H2,1-6H3,(H3,32,33,34,35)/t21-/m0/s1. The summed E-state index contributed by atoms with van der Waals surface area (Å²) in [6, 6.07) is 5.16. The number of methoxy groups -OCH3 is 1. The molecule has 0 unspecified atom stereocenters. The van der Waals surface area contributed by atoms with Gasteiger partial charge in [0.25, 0.3) is 0 Å². The second-order valence-electron chi connectivity index (χ2n) is 10.8. The van der Waals surface area contributed by atoms with E-state index in [0.717, 1.165) is 28.9 Å². The number of carbonyl (C=O) groups is 1. The van der Waals surface area contributed by atoms with E-state index in [-0.39, 0.29) is 25.1 Å². The van der Waals surface area contributed by atoms with Gasteiger partial charge in [-0.15, -0.1) is 0 Å². The lowest BCUT2D eigenvalue weighted by Crippen LogP contribution is -2.39. The summed E-state index contributed by atoms with van der Waals surface area (Å²) >= 11 is 0. The number of nitrogens with one attached hydrogen (secondary N) is 1. The van der Waals surface area contributed by atoms with Crippen LogP contribution >= 0.6 is 0 Å². The van der Waals surface area contributed by atoms with E-state index < -0.39 is 30.8 Å². The van der Waals surface area contributed by atoms with Crippen LogP contribution in [0.1, 0.15) is 69.3 Å². The predicted molar refractivity (Wildman–Crippen MR) is 148 cm³/mol. The highest BCUT2D eigenvalue weighted by molar-refractivity contribution is 5.72. The molecule has 4 N–H and O–H groups in total. The molecule has 0 fully saturated rings. The molecule has 0 aliphatic rings. The van der Waals surface area contributed by atoms with Crippen LogP contribution in [0, 0.1) is 6.92 Å². The molecule has 0 radical (unpaired) electrons. The van der Waals surface area contributed by atoms with Gasteiger partial charge in [-0.1, -0.05) is 25.5 Å². The van der Waals surface area contributed by atoms with Gasteiger partial charge in [-0.3, -0.25) is 9.69 Å². The largest absolute Gasteiger partial charge is 0.496 e. The van der Waals surface area contributed by atoms with E-state index in [1.807, 2.05) is 6.92 Å². The number of ether oxygens (including phenoxy) is 2. The van der Waals surface area contributed by atoms with Crippen molar-refractivity contribution in [2.75, 3.05) is 37.9 Å². The molecule has 1 atom stereocenters. The van der Waals surface area contributed by atoms with Gasteiger partial charge in [0.1, 0.15) is 17.2 Å². The fraction of sp³-hybridized carbons (Fsp3) is 0.607. The number of aliphatic hydroxyl groups is 1. The summed E-state index contributed by atoms with van der Waals surface area (Å²) in [5, 5.41) is 12.9. The first-order valence-electron chi connectivity index (χ1n) is 13.3. The van der Waals surface area contributed by atoms with Crippen molar-refractivity contribution in [3.63, 3.8) is 0 Å². The molecule has 2 rings (SSSR count). The molecular weight excluding hydrogens is 527 g/mol. The van der Waals surface area contributed by atoms with Crippen LogP contribution in [-0.4, -0.2) is 70.6 Å². The van der Waals surface area contributed by atoms with Gasteiger partial charge in [0.15, 0.2) is 0 Å². The number of esters is 1. The highest BCUT2D eigenvalue weighted by Crippen LogP contribution is 2.29. The first kappa shape index (κ1) is 33.1. The van der Waals surface area contributed by atoms with E-state index >= 15 is 0 Å². The van der Waals surface area contributed by atoms with E-state index in [1.54, 1.807) is 39.0 Å². The molecule has 1 aromatic heterocycles. The summed E-state index contributed by atoms with van der Waals surface area (Å²) in [6.07, 6.45) is -1.82. The Kier molecular flexibility index (Phi) is 12.0. The Hall–Kier alpha value is -3.12. The number of carbonyl (C=O) groups excluding carboxylic acids is 1. The molecule has 40 heavy (non-hydrogen) atoms. The molecule has 0 spiro atoms. The van der Waals surface area contributed by atoms with Gasteiger partial charge in [0.2, 0.25) is 5.95 Å². The van der Waals surface area contributed by atoms with Crippen molar-refractivity contribution >= 4 is 17.7 Å².